The van der Waals surface area contributed by atoms with Gasteiger partial charge in [0.05, 0.1) is 25.8 Å². The highest BCUT2D eigenvalue weighted by molar-refractivity contribution is 6.08. The maximum atomic E-state index is 12.7. The van der Waals surface area contributed by atoms with Crippen molar-refractivity contribution in [1.82, 2.24) is 4.90 Å². The number of fused-ring (bicyclic) bond motifs is 1. The second-order valence-electron chi connectivity index (χ2n) is 7.02. The lowest BCUT2D eigenvalue weighted by atomic mass is 9.98. The maximum absolute atomic E-state index is 12.7. The number of β-amino-alcohol motifs (C(OH)–C–C–N with tert-alkyl or cyclic N) is 1. The van der Waals surface area contributed by atoms with Crippen LogP contribution in [-0.4, -0.2) is 48.7 Å². The first-order valence-corrected chi connectivity index (χ1v) is 9.69. The van der Waals surface area contributed by atoms with E-state index in [2.05, 4.69) is 29.6 Å². The quantitative estimate of drug-likeness (QED) is 0.619. The van der Waals surface area contributed by atoms with Crippen LogP contribution in [-0.2, 0) is 14.3 Å². The molecular formula is C24H22N2O4. The number of nitrogens with zero attached hydrogens (tertiary/aromatic N) is 1. The van der Waals surface area contributed by atoms with Crippen molar-refractivity contribution in [2.45, 2.75) is 0 Å². The van der Waals surface area contributed by atoms with Gasteiger partial charge in [-0.25, -0.2) is 4.79 Å². The standard InChI is InChI=1S/C24H22N2O4/c1-30-24(29)21-15-26(13-14-27)23(28)22(21)25-18-11-9-17(10-12-18)20-8-4-6-16-5-2-3-7-19(16)20/h2-12,25,27H,13-15H2,1H3. The summed E-state index contributed by atoms with van der Waals surface area (Å²) in [5, 5.41) is 14.6. The summed E-state index contributed by atoms with van der Waals surface area (Å²) in [4.78, 5) is 26.2. The molecule has 0 bridgehead atoms. The molecule has 1 aliphatic heterocycles. The molecular weight excluding hydrogens is 380 g/mol. The highest BCUT2D eigenvalue weighted by atomic mass is 16.5. The molecule has 4 rings (SSSR count). The summed E-state index contributed by atoms with van der Waals surface area (Å²) in [5.41, 5.74) is 3.32. The van der Waals surface area contributed by atoms with Gasteiger partial charge in [-0.05, 0) is 34.0 Å². The molecule has 3 aromatic carbocycles. The molecule has 0 spiro atoms. The molecule has 1 amide bonds. The van der Waals surface area contributed by atoms with Gasteiger partial charge >= 0.3 is 5.97 Å². The van der Waals surface area contributed by atoms with Crippen LogP contribution < -0.4 is 5.32 Å². The third-order valence-electron chi connectivity index (χ3n) is 5.21. The molecule has 0 saturated heterocycles. The number of nitrogens with one attached hydrogen (secondary N) is 1. The maximum Gasteiger partial charge on any atom is 0.337 e. The van der Waals surface area contributed by atoms with Crippen molar-refractivity contribution in [3.05, 3.63) is 78.0 Å². The summed E-state index contributed by atoms with van der Waals surface area (Å²) >= 11 is 0. The van der Waals surface area contributed by atoms with Crippen LogP contribution in [0.5, 0.6) is 0 Å². The van der Waals surface area contributed by atoms with Gasteiger partial charge in [-0.3, -0.25) is 4.79 Å². The summed E-state index contributed by atoms with van der Waals surface area (Å²) < 4.78 is 4.82. The predicted molar refractivity (Wildman–Crippen MR) is 116 cm³/mol. The van der Waals surface area contributed by atoms with Crippen molar-refractivity contribution in [3.63, 3.8) is 0 Å². The number of hydrogen-bond acceptors (Lipinski definition) is 5. The lowest BCUT2D eigenvalue weighted by Gasteiger charge is -2.15. The molecule has 0 atom stereocenters. The molecule has 6 nitrogen and oxygen atoms in total. The normalized spacial score (nSPS) is 13.8. The van der Waals surface area contributed by atoms with Crippen LogP contribution in [0.15, 0.2) is 78.0 Å². The average molecular weight is 402 g/mol. The van der Waals surface area contributed by atoms with E-state index in [1.54, 1.807) is 0 Å². The molecule has 0 aliphatic carbocycles. The second kappa shape index (κ2) is 8.39. The molecule has 3 aromatic rings. The van der Waals surface area contributed by atoms with Crippen LogP contribution in [0.2, 0.25) is 0 Å². The van der Waals surface area contributed by atoms with E-state index in [-0.39, 0.29) is 36.9 Å². The zero-order chi connectivity index (χ0) is 21.1. The van der Waals surface area contributed by atoms with Gasteiger partial charge in [0.2, 0.25) is 0 Å². The molecule has 152 valence electrons. The van der Waals surface area contributed by atoms with Crippen molar-refractivity contribution in [2.24, 2.45) is 0 Å². The van der Waals surface area contributed by atoms with Crippen molar-refractivity contribution in [2.75, 3.05) is 32.1 Å². The number of aliphatic hydroxyl groups is 1. The van der Waals surface area contributed by atoms with Gasteiger partial charge in [0, 0.05) is 12.2 Å². The molecule has 6 heteroatoms. The van der Waals surface area contributed by atoms with Gasteiger partial charge in [0.25, 0.3) is 5.91 Å². The van der Waals surface area contributed by atoms with E-state index in [9.17, 15) is 9.59 Å². The van der Waals surface area contributed by atoms with Crippen LogP contribution in [0.4, 0.5) is 5.69 Å². The third-order valence-corrected chi connectivity index (χ3v) is 5.21. The number of carbonyl (C=O) groups excluding carboxylic acids is 2. The molecule has 0 fully saturated rings. The Balaban J connectivity index is 1.62. The third kappa shape index (κ3) is 3.65. The molecule has 0 unspecified atom stereocenters. The van der Waals surface area contributed by atoms with Crippen LogP contribution in [0, 0.1) is 0 Å². The SMILES string of the molecule is COC(=O)C1=C(Nc2ccc(-c3cccc4ccccc34)cc2)C(=O)N(CCO)C1. The van der Waals surface area contributed by atoms with Gasteiger partial charge in [-0.2, -0.15) is 0 Å². The van der Waals surface area contributed by atoms with Gasteiger partial charge in [-0.1, -0.05) is 54.6 Å². The van der Waals surface area contributed by atoms with Crippen LogP contribution >= 0.6 is 0 Å². The Bertz CT molecular complexity index is 1130. The summed E-state index contributed by atoms with van der Waals surface area (Å²) in [6.45, 7) is 0.0974. The Morgan fingerprint density at radius 3 is 2.53 bits per heavy atom. The fourth-order valence-electron chi connectivity index (χ4n) is 3.70. The lowest BCUT2D eigenvalue weighted by Crippen LogP contribution is -2.31. The number of aliphatic hydroxyl groups excluding tert-OH is 1. The topological polar surface area (TPSA) is 78.9 Å². The highest BCUT2D eigenvalue weighted by Gasteiger charge is 2.34. The van der Waals surface area contributed by atoms with E-state index < -0.39 is 5.97 Å². The minimum absolute atomic E-state index is 0.114. The molecule has 0 saturated carbocycles. The summed E-state index contributed by atoms with van der Waals surface area (Å²) in [5.74, 6) is -0.888. The molecule has 1 aliphatic rings. The number of amides is 1. The minimum Gasteiger partial charge on any atom is -0.466 e. The Kier molecular flexibility index (Phi) is 5.50. The number of carbonyl (C=O) groups is 2. The van der Waals surface area contributed by atoms with E-state index in [4.69, 9.17) is 9.84 Å². The van der Waals surface area contributed by atoms with E-state index >= 15 is 0 Å². The predicted octanol–water partition coefficient (Wildman–Crippen LogP) is 3.18. The monoisotopic (exact) mass is 402 g/mol. The number of rotatable bonds is 6. The Morgan fingerprint density at radius 2 is 1.80 bits per heavy atom. The summed E-state index contributed by atoms with van der Waals surface area (Å²) in [7, 11) is 1.28. The van der Waals surface area contributed by atoms with Crippen molar-refractivity contribution in [3.8, 4) is 11.1 Å². The van der Waals surface area contributed by atoms with Crippen molar-refractivity contribution >= 4 is 28.3 Å². The molecule has 1 heterocycles. The van der Waals surface area contributed by atoms with E-state index in [1.807, 2.05) is 42.5 Å². The van der Waals surface area contributed by atoms with Crippen LogP contribution in [0.1, 0.15) is 0 Å². The number of esters is 1. The van der Waals surface area contributed by atoms with Gasteiger partial charge in [0.1, 0.15) is 5.70 Å². The zero-order valence-corrected chi connectivity index (χ0v) is 16.6. The van der Waals surface area contributed by atoms with E-state index in [0.29, 0.717) is 5.69 Å². The van der Waals surface area contributed by atoms with E-state index in [1.165, 1.54) is 22.8 Å². The Labute approximate surface area is 174 Å². The highest BCUT2D eigenvalue weighted by Crippen LogP contribution is 2.30. The number of methoxy groups -OCH3 is 1. The van der Waals surface area contributed by atoms with Crippen LogP contribution in [0.3, 0.4) is 0 Å². The van der Waals surface area contributed by atoms with Gasteiger partial charge in [-0.15, -0.1) is 0 Å². The number of ether oxygens (including phenoxy) is 1. The summed E-state index contributed by atoms with van der Waals surface area (Å²) in [6.07, 6.45) is 0. The molecule has 0 aromatic heterocycles. The largest absolute Gasteiger partial charge is 0.466 e. The number of benzene rings is 3. The van der Waals surface area contributed by atoms with E-state index in [0.717, 1.165) is 11.1 Å². The first-order chi connectivity index (χ1) is 14.6. The first-order valence-electron chi connectivity index (χ1n) is 9.69. The van der Waals surface area contributed by atoms with Gasteiger partial charge in [0.15, 0.2) is 0 Å². The van der Waals surface area contributed by atoms with Crippen molar-refractivity contribution < 1.29 is 19.4 Å². The molecule has 0 radical (unpaired) electrons. The van der Waals surface area contributed by atoms with Gasteiger partial charge < -0.3 is 20.1 Å². The Hall–Kier alpha value is -3.64. The summed E-state index contributed by atoms with van der Waals surface area (Å²) in [6, 6.07) is 22.1. The van der Waals surface area contributed by atoms with Crippen LogP contribution in [0.25, 0.3) is 21.9 Å². The molecule has 2 N–H and O–H groups in total. The second-order valence-corrected chi connectivity index (χ2v) is 7.02. The average Bonchev–Trinajstić information content (AvgIpc) is 3.09. The zero-order valence-electron chi connectivity index (χ0n) is 16.6. The smallest absolute Gasteiger partial charge is 0.337 e. The fourth-order valence-corrected chi connectivity index (χ4v) is 3.70. The Morgan fingerprint density at radius 1 is 1.07 bits per heavy atom. The number of anilines is 1. The van der Waals surface area contributed by atoms with Crippen molar-refractivity contribution in [1.29, 1.82) is 0 Å². The molecule has 30 heavy (non-hydrogen) atoms. The lowest BCUT2D eigenvalue weighted by molar-refractivity contribution is -0.136. The fraction of sp³-hybridized carbons (Fsp3) is 0.167. The number of hydrogen-bond donors (Lipinski definition) is 2. The first kappa shape index (κ1) is 19.7. The minimum atomic E-state index is -0.557.